The molecule has 2 aromatic carbocycles. The van der Waals surface area contributed by atoms with E-state index in [2.05, 4.69) is 5.32 Å². The number of benzene rings is 2. The summed E-state index contributed by atoms with van der Waals surface area (Å²) in [5, 5.41) is 12.0. The zero-order valence-corrected chi connectivity index (χ0v) is 17.9. The summed E-state index contributed by atoms with van der Waals surface area (Å²) in [5.74, 6) is 1.21. The number of allylic oxidation sites excluding steroid dienone is 1. The molecular weight excluding hydrogens is 414 g/mol. The van der Waals surface area contributed by atoms with Crippen LogP contribution >= 0.6 is 0 Å². The molecule has 2 heterocycles. The number of hydrogen-bond donors (Lipinski definition) is 2. The van der Waals surface area contributed by atoms with Gasteiger partial charge in [-0.15, -0.1) is 0 Å². The largest absolute Gasteiger partial charge is 0.459 e. The number of amides is 1. The molecule has 1 amide bonds. The molecule has 8 heteroatoms. The van der Waals surface area contributed by atoms with Crippen molar-refractivity contribution in [3.63, 3.8) is 0 Å². The second kappa shape index (κ2) is 10.5. The maximum Gasteiger partial charge on any atom is 0.286 e. The van der Waals surface area contributed by atoms with E-state index in [1.807, 2.05) is 48.5 Å². The Morgan fingerprint density at radius 1 is 1.12 bits per heavy atom. The van der Waals surface area contributed by atoms with Gasteiger partial charge in [-0.25, -0.2) is 0 Å². The Kier molecular flexibility index (Phi) is 7.26. The molecule has 0 aliphatic carbocycles. The van der Waals surface area contributed by atoms with Crippen LogP contribution in [0.15, 0.2) is 54.3 Å². The van der Waals surface area contributed by atoms with E-state index in [0.29, 0.717) is 37.7 Å². The van der Waals surface area contributed by atoms with Crippen molar-refractivity contribution in [3.8, 4) is 11.5 Å². The maximum atomic E-state index is 12.6. The number of methoxy groups -OCH3 is 1. The topological polar surface area (TPSA) is 95.5 Å². The molecule has 2 unspecified atom stereocenters. The van der Waals surface area contributed by atoms with Crippen LogP contribution in [0.2, 0.25) is 0 Å². The third-order valence-electron chi connectivity index (χ3n) is 5.34. The highest BCUT2D eigenvalue weighted by Crippen LogP contribution is 2.38. The molecule has 170 valence electrons. The number of ether oxygens (including phenoxy) is 5. The zero-order chi connectivity index (χ0) is 22.3. The van der Waals surface area contributed by atoms with Gasteiger partial charge in [0, 0.05) is 26.0 Å². The molecule has 2 atom stereocenters. The highest BCUT2D eigenvalue weighted by Gasteiger charge is 2.29. The number of aliphatic hydroxyl groups excluding tert-OH is 1. The van der Waals surface area contributed by atoms with Gasteiger partial charge in [0.2, 0.25) is 13.1 Å². The molecule has 2 aliphatic rings. The SMILES string of the molecule is COCCNC(=O)C1=CC(c2ccc3c(c2)OCO3)CC(OCc2ccc(CO)cc2)O1. The predicted octanol–water partition coefficient (Wildman–Crippen LogP) is 2.60. The minimum absolute atomic E-state index is 0.00355. The lowest BCUT2D eigenvalue weighted by atomic mass is 9.92. The van der Waals surface area contributed by atoms with Crippen molar-refractivity contribution in [1.82, 2.24) is 5.32 Å². The van der Waals surface area contributed by atoms with E-state index in [4.69, 9.17) is 23.7 Å². The molecule has 0 spiro atoms. The standard InChI is InChI=1S/C24H27NO7/c1-28-9-8-25-24(27)22-11-19(18-6-7-20-21(10-18)31-15-30-20)12-23(32-22)29-14-17-4-2-16(13-26)3-5-17/h2-7,10-11,19,23,26H,8-9,12-15H2,1H3,(H,25,27). The summed E-state index contributed by atoms with van der Waals surface area (Å²) in [6, 6.07) is 13.3. The van der Waals surface area contributed by atoms with E-state index in [-0.39, 0.29) is 31.0 Å². The first-order valence-corrected chi connectivity index (χ1v) is 10.5. The molecule has 0 aromatic heterocycles. The average Bonchev–Trinajstić information content (AvgIpc) is 3.31. The van der Waals surface area contributed by atoms with Crippen LogP contribution in [-0.2, 0) is 32.2 Å². The van der Waals surface area contributed by atoms with Crippen LogP contribution in [0.5, 0.6) is 11.5 Å². The van der Waals surface area contributed by atoms with Crippen molar-refractivity contribution in [2.45, 2.75) is 31.8 Å². The van der Waals surface area contributed by atoms with Gasteiger partial charge in [0.1, 0.15) is 0 Å². The first kappa shape index (κ1) is 22.1. The Morgan fingerprint density at radius 3 is 2.69 bits per heavy atom. The molecule has 0 radical (unpaired) electrons. The summed E-state index contributed by atoms with van der Waals surface area (Å²) >= 11 is 0. The van der Waals surface area contributed by atoms with Gasteiger partial charge in [-0.2, -0.15) is 0 Å². The smallest absolute Gasteiger partial charge is 0.286 e. The van der Waals surface area contributed by atoms with Crippen LogP contribution < -0.4 is 14.8 Å². The van der Waals surface area contributed by atoms with Crippen LogP contribution in [0.4, 0.5) is 0 Å². The van der Waals surface area contributed by atoms with Gasteiger partial charge in [0.05, 0.1) is 19.8 Å². The van der Waals surface area contributed by atoms with Crippen molar-refractivity contribution in [1.29, 1.82) is 0 Å². The Labute approximate surface area is 186 Å². The Hall–Kier alpha value is -3.07. The van der Waals surface area contributed by atoms with E-state index in [1.165, 1.54) is 0 Å². The molecule has 32 heavy (non-hydrogen) atoms. The molecule has 2 aromatic rings. The molecule has 4 rings (SSSR count). The lowest BCUT2D eigenvalue weighted by Gasteiger charge is -2.29. The van der Waals surface area contributed by atoms with Crippen LogP contribution in [0.3, 0.4) is 0 Å². The molecular formula is C24H27NO7. The fraction of sp³-hybridized carbons (Fsp3) is 0.375. The normalized spacial score (nSPS) is 19.2. The molecule has 8 nitrogen and oxygen atoms in total. The molecule has 2 N–H and O–H groups in total. The van der Waals surface area contributed by atoms with Gasteiger partial charge in [-0.05, 0) is 34.9 Å². The number of rotatable bonds is 9. The van der Waals surface area contributed by atoms with Gasteiger partial charge in [-0.3, -0.25) is 4.79 Å². The van der Waals surface area contributed by atoms with Crippen molar-refractivity contribution >= 4 is 5.91 Å². The first-order valence-electron chi connectivity index (χ1n) is 10.5. The Balaban J connectivity index is 1.48. The van der Waals surface area contributed by atoms with Crippen molar-refractivity contribution in [3.05, 3.63) is 71.0 Å². The number of fused-ring (bicyclic) bond motifs is 1. The molecule has 0 saturated heterocycles. The quantitative estimate of drug-likeness (QED) is 0.578. The third kappa shape index (κ3) is 5.40. The van der Waals surface area contributed by atoms with E-state index in [9.17, 15) is 9.90 Å². The first-order chi connectivity index (χ1) is 15.7. The van der Waals surface area contributed by atoms with E-state index in [0.717, 1.165) is 16.7 Å². The summed E-state index contributed by atoms with van der Waals surface area (Å²) in [6.45, 7) is 1.32. The minimum atomic E-state index is -0.601. The summed E-state index contributed by atoms with van der Waals surface area (Å²) in [7, 11) is 1.58. The summed E-state index contributed by atoms with van der Waals surface area (Å²) in [6.07, 6.45) is 1.76. The van der Waals surface area contributed by atoms with Gasteiger partial charge in [0.15, 0.2) is 17.3 Å². The lowest BCUT2D eigenvalue weighted by Crippen LogP contribution is -2.34. The number of hydrogen-bond acceptors (Lipinski definition) is 7. The highest BCUT2D eigenvalue weighted by molar-refractivity contribution is 5.91. The average molecular weight is 441 g/mol. The zero-order valence-electron chi connectivity index (χ0n) is 17.9. The number of carbonyl (C=O) groups excluding carboxylic acids is 1. The van der Waals surface area contributed by atoms with Gasteiger partial charge >= 0.3 is 0 Å². The monoisotopic (exact) mass is 441 g/mol. The maximum absolute atomic E-state index is 12.6. The van der Waals surface area contributed by atoms with Gasteiger partial charge in [0.25, 0.3) is 5.91 Å². The molecule has 0 bridgehead atoms. The van der Waals surface area contributed by atoms with Crippen molar-refractivity contribution in [2.24, 2.45) is 0 Å². The van der Waals surface area contributed by atoms with Crippen LogP contribution in [-0.4, -0.2) is 44.4 Å². The molecule has 2 aliphatic heterocycles. The predicted molar refractivity (Wildman–Crippen MR) is 115 cm³/mol. The van der Waals surface area contributed by atoms with Crippen LogP contribution in [0.1, 0.15) is 29.0 Å². The Morgan fingerprint density at radius 2 is 1.91 bits per heavy atom. The highest BCUT2D eigenvalue weighted by atomic mass is 16.7. The Bertz CT molecular complexity index is 957. The fourth-order valence-electron chi connectivity index (χ4n) is 3.58. The summed E-state index contributed by atoms with van der Waals surface area (Å²) in [4.78, 5) is 12.6. The number of nitrogens with one attached hydrogen (secondary N) is 1. The number of carbonyl (C=O) groups is 1. The minimum Gasteiger partial charge on any atom is -0.459 e. The summed E-state index contributed by atoms with van der Waals surface area (Å²) in [5.41, 5.74) is 2.77. The number of aliphatic hydroxyl groups is 1. The van der Waals surface area contributed by atoms with Crippen molar-refractivity contribution < 1.29 is 33.6 Å². The van der Waals surface area contributed by atoms with E-state index < -0.39 is 6.29 Å². The van der Waals surface area contributed by atoms with Gasteiger partial charge in [-0.1, -0.05) is 30.3 Å². The van der Waals surface area contributed by atoms with Crippen LogP contribution in [0.25, 0.3) is 0 Å². The third-order valence-corrected chi connectivity index (χ3v) is 5.34. The lowest BCUT2D eigenvalue weighted by molar-refractivity contribution is -0.150. The van der Waals surface area contributed by atoms with Crippen LogP contribution in [0, 0.1) is 0 Å². The fourth-order valence-corrected chi connectivity index (χ4v) is 3.58. The van der Waals surface area contributed by atoms with Gasteiger partial charge < -0.3 is 34.1 Å². The van der Waals surface area contributed by atoms with E-state index >= 15 is 0 Å². The summed E-state index contributed by atoms with van der Waals surface area (Å²) < 4.78 is 27.8. The second-order valence-corrected chi connectivity index (χ2v) is 7.57. The second-order valence-electron chi connectivity index (χ2n) is 7.57. The van der Waals surface area contributed by atoms with E-state index in [1.54, 1.807) is 7.11 Å². The molecule has 0 fully saturated rings. The molecule has 0 saturated carbocycles. The van der Waals surface area contributed by atoms with Crippen molar-refractivity contribution in [2.75, 3.05) is 27.1 Å².